The number of rotatable bonds is 7. The van der Waals surface area contributed by atoms with Crippen LogP contribution in [0.1, 0.15) is 37.7 Å². The normalized spacial score (nSPS) is 10.9. The summed E-state index contributed by atoms with van der Waals surface area (Å²) >= 11 is 4.90. The highest BCUT2D eigenvalue weighted by molar-refractivity contribution is 6.62. The third-order valence-corrected chi connectivity index (χ3v) is 7.67. The number of likely N-dealkylation sites (N-methyl/N-ethyl adjacent to an activating group) is 1. The number of hydrogen-bond donors (Lipinski definition) is 2. The Morgan fingerprint density at radius 3 is 2.12 bits per heavy atom. The molecule has 2 heterocycles. The Kier molecular flexibility index (Phi) is 11.6. The summed E-state index contributed by atoms with van der Waals surface area (Å²) in [6, 6.07) is 24.4. The molecule has 5 rings (SSSR count). The van der Waals surface area contributed by atoms with E-state index in [1.807, 2.05) is 73.7 Å². The summed E-state index contributed by atoms with van der Waals surface area (Å²) < 4.78 is 7.99. The highest BCUT2D eigenvalue weighted by atomic mass is 35.5. The summed E-state index contributed by atoms with van der Waals surface area (Å²) in [5.74, 6) is 1.71. The Hall–Kier alpha value is -5.42. The number of fused-ring (bicyclic) bond motifs is 1. The summed E-state index contributed by atoms with van der Waals surface area (Å²) in [7, 11) is 6.61. The van der Waals surface area contributed by atoms with Crippen molar-refractivity contribution in [3.05, 3.63) is 102 Å². The van der Waals surface area contributed by atoms with Crippen LogP contribution in [0.5, 0.6) is 11.5 Å². The van der Waals surface area contributed by atoms with E-state index in [4.69, 9.17) is 21.4 Å². The van der Waals surface area contributed by atoms with Crippen LogP contribution in [0.3, 0.4) is 0 Å². The second-order valence-electron chi connectivity index (χ2n) is 12.8. The van der Waals surface area contributed by atoms with Gasteiger partial charge in [0.05, 0.1) is 29.2 Å². The summed E-state index contributed by atoms with van der Waals surface area (Å²) in [4.78, 5) is 42.4. The Morgan fingerprint density at radius 2 is 1.51 bits per heavy atom. The van der Waals surface area contributed by atoms with Gasteiger partial charge in [-0.15, -0.1) is 0 Å². The zero-order valence-corrected chi connectivity index (χ0v) is 29.8. The number of benzene rings is 3. The topological polar surface area (TPSA) is 122 Å². The minimum Gasteiger partial charge on any atom is -0.457 e. The maximum Gasteiger partial charge on any atom is 0.324 e. The molecule has 0 fully saturated rings. The first-order chi connectivity index (χ1) is 23.1. The predicted octanol–water partition coefficient (Wildman–Crippen LogP) is 8.00. The monoisotopic (exact) mass is 683 g/mol. The van der Waals surface area contributed by atoms with Gasteiger partial charge in [0.2, 0.25) is 5.91 Å². The fraction of sp³-hybridized carbons (Fsp3) is 0.270. The molecule has 0 aliphatic rings. The van der Waals surface area contributed by atoms with Gasteiger partial charge in [-0.05, 0) is 48.9 Å². The van der Waals surface area contributed by atoms with Crippen LogP contribution in [-0.4, -0.2) is 70.1 Å². The van der Waals surface area contributed by atoms with Crippen molar-refractivity contribution >= 4 is 51.2 Å². The van der Waals surface area contributed by atoms with Crippen molar-refractivity contribution in [1.82, 2.24) is 24.6 Å². The third kappa shape index (κ3) is 9.80. The van der Waals surface area contributed by atoms with E-state index < -0.39 is 11.4 Å². The Labute approximate surface area is 291 Å². The lowest BCUT2D eigenvalue weighted by Gasteiger charge is -2.15. The van der Waals surface area contributed by atoms with E-state index >= 15 is 0 Å². The van der Waals surface area contributed by atoms with E-state index in [2.05, 4.69) is 36.4 Å². The van der Waals surface area contributed by atoms with E-state index in [1.165, 1.54) is 9.80 Å². The van der Waals surface area contributed by atoms with Crippen LogP contribution in [-0.2, 0) is 16.6 Å². The molecule has 0 radical (unpaired) electrons. The van der Waals surface area contributed by atoms with Crippen LogP contribution in [0.15, 0.2) is 85.1 Å². The number of carbonyl (C=O) groups is 3. The van der Waals surface area contributed by atoms with Crippen molar-refractivity contribution in [3.8, 4) is 17.2 Å². The van der Waals surface area contributed by atoms with Gasteiger partial charge in [-0.2, -0.15) is 5.10 Å². The van der Waals surface area contributed by atoms with Gasteiger partial charge in [0.15, 0.2) is 0 Å². The van der Waals surface area contributed by atoms with E-state index in [9.17, 15) is 14.4 Å². The number of nitrogens with one attached hydrogen (secondary N) is 2. The lowest BCUT2D eigenvalue weighted by atomic mass is 9.92. The zero-order chi connectivity index (χ0) is 35.9. The maximum atomic E-state index is 13.3. The highest BCUT2D eigenvalue weighted by Gasteiger charge is 2.22. The molecule has 12 heteroatoms. The first-order valence-corrected chi connectivity index (χ1v) is 16.0. The number of carbonyl (C=O) groups excluding carboxylic acids is 3. The molecule has 11 nitrogen and oxygen atoms in total. The third-order valence-electron chi connectivity index (χ3n) is 7.33. The molecule has 2 aromatic heterocycles. The molecule has 3 aromatic carbocycles. The van der Waals surface area contributed by atoms with Gasteiger partial charge < -0.3 is 19.9 Å². The van der Waals surface area contributed by atoms with Gasteiger partial charge in [-0.25, -0.2) is 9.48 Å². The molecular weight excluding hydrogens is 642 g/mol. The molecule has 0 unspecified atom stereocenters. The molecule has 4 amide bonds. The highest BCUT2D eigenvalue weighted by Crippen LogP contribution is 2.35. The number of nitrogens with zero attached hydrogens (tertiary/aromatic N) is 5. The minimum absolute atomic E-state index is 0.0413. The number of aryl methyl sites for hydroxylation is 1. The Morgan fingerprint density at radius 1 is 0.857 bits per heavy atom. The molecular formula is C37H42ClN7O4. The van der Waals surface area contributed by atoms with E-state index in [0.29, 0.717) is 28.7 Å². The van der Waals surface area contributed by atoms with Crippen LogP contribution in [0, 0.1) is 6.92 Å². The molecule has 256 valence electrons. The van der Waals surface area contributed by atoms with Crippen LogP contribution in [0.2, 0.25) is 0 Å². The van der Waals surface area contributed by atoms with Crippen molar-refractivity contribution in [3.63, 3.8) is 0 Å². The quantitative estimate of drug-likeness (QED) is 0.132. The zero-order valence-electron chi connectivity index (χ0n) is 29.0. The summed E-state index contributed by atoms with van der Waals surface area (Å²) in [6.45, 7) is 8.29. The number of pyridine rings is 1. The second-order valence-corrected chi connectivity index (χ2v) is 13.2. The average molecular weight is 684 g/mol. The number of halogens is 1. The number of ether oxygens (including phenoxy) is 1. The van der Waals surface area contributed by atoms with Gasteiger partial charge in [-0.3, -0.25) is 19.9 Å². The first kappa shape index (κ1) is 36.4. The fourth-order valence-electron chi connectivity index (χ4n) is 4.51. The summed E-state index contributed by atoms with van der Waals surface area (Å²) in [6.07, 6.45) is 1.81. The fourth-order valence-corrected chi connectivity index (χ4v) is 4.51. The van der Waals surface area contributed by atoms with Crippen LogP contribution in [0.25, 0.3) is 16.5 Å². The largest absolute Gasteiger partial charge is 0.457 e. The van der Waals surface area contributed by atoms with Crippen molar-refractivity contribution < 1.29 is 19.1 Å². The minimum atomic E-state index is -0.435. The molecule has 0 saturated heterocycles. The molecule has 0 aliphatic carbocycles. The van der Waals surface area contributed by atoms with Crippen molar-refractivity contribution in [2.45, 2.75) is 39.5 Å². The van der Waals surface area contributed by atoms with Crippen LogP contribution < -0.4 is 15.4 Å². The maximum absolute atomic E-state index is 13.3. The molecule has 0 saturated carbocycles. The van der Waals surface area contributed by atoms with Gasteiger partial charge >= 0.3 is 11.4 Å². The van der Waals surface area contributed by atoms with Crippen LogP contribution in [0.4, 0.5) is 21.1 Å². The van der Waals surface area contributed by atoms with Gasteiger partial charge in [-0.1, -0.05) is 62.7 Å². The number of urea groups is 1. The molecule has 0 aliphatic heterocycles. The molecule has 49 heavy (non-hydrogen) atoms. The predicted molar refractivity (Wildman–Crippen MR) is 195 cm³/mol. The summed E-state index contributed by atoms with van der Waals surface area (Å²) in [5, 5.41) is 12.0. The molecule has 0 bridgehead atoms. The van der Waals surface area contributed by atoms with E-state index in [-0.39, 0.29) is 17.7 Å². The average Bonchev–Trinajstić information content (AvgIpc) is 3.47. The summed E-state index contributed by atoms with van der Waals surface area (Å²) in [5.41, 5.74) is 3.91. The smallest absolute Gasteiger partial charge is 0.324 e. The Bertz CT molecular complexity index is 1950. The van der Waals surface area contributed by atoms with Gasteiger partial charge in [0.1, 0.15) is 17.3 Å². The van der Waals surface area contributed by atoms with Crippen molar-refractivity contribution in [2.75, 3.05) is 38.8 Å². The second kappa shape index (κ2) is 15.7. The molecule has 2 N–H and O–H groups in total. The van der Waals surface area contributed by atoms with Crippen LogP contribution >= 0.6 is 11.6 Å². The van der Waals surface area contributed by atoms with Gasteiger partial charge in [0.25, 0.3) is 0 Å². The molecule has 0 atom stereocenters. The van der Waals surface area contributed by atoms with Crippen molar-refractivity contribution in [1.29, 1.82) is 0 Å². The standard InChI is InChI=1S/C34H36N6O3.C3H6ClNO/c1-22-11-13-24(14-12-22)40-31(21-30(38-40)34(2,3)4)37-33(42)36-28-15-16-29(27-10-8-7-9-26(27)28)43-25-17-18-35-23(19-25)20-32(41)39(5)6;1-5(2)3(4)6/h7-19,21H,20H2,1-6H3,(H2,36,37,42);1-2H3. The first-order valence-electron chi connectivity index (χ1n) is 15.6. The van der Waals surface area contributed by atoms with E-state index in [1.54, 1.807) is 51.2 Å². The number of aromatic nitrogens is 3. The van der Waals surface area contributed by atoms with Gasteiger partial charge in [0, 0.05) is 62.7 Å². The van der Waals surface area contributed by atoms with Crippen molar-refractivity contribution in [2.24, 2.45) is 0 Å². The number of hydrogen-bond acceptors (Lipinski definition) is 6. The van der Waals surface area contributed by atoms with E-state index in [0.717, 1.165) is 27.7 Å². The lowest BCUT2D eigenvalue weighted by molar-refractivity contribution is -0.128. The number of amides is 4. The SMILES string of the molecule is CN(C)C(=O)Cl.Cc1ccc(-n2nc(C(C)(C)C)cc2NC(=O)Nc2ccc(Oc3ccnc(CC(=O)N(C)C)c3)c3ccccc23)cc1. The lowest BCUT2D eigenvalue weighted by Crippen LogP contribution is -2.23. The number of anilines is 2. The molecule has 0 spiro atoms. The Balaban J connectivity index is 0.000000827. The molecule has 5 aromatic rings.